The van der Waals surface area contributed by atoms with E-state index in [4.69, 9.17) is 4.74 Å². The zero-order chi connectivity index (χ0) is 29.4. The molecule has 0 aliphatic heterocycles. The predicted molar refractivity (Wildman–Crippen MR) is 161 cm³/mol. The van der Waals surface area contributed by atoms with Crippen molar-refractivity contribution in [3.8, 4) is 5.75 Å². The molecule has 0 spiro atoms. The van der Waals surface area contributed by atoms with Gasteiger partial charge in [-0.05, 0) is 67.3 Å². The van der Waals surface area contributed by atoms with E-state index in [1.165, 1.54) is 24.1 Å². The van der Waals surface area contributed by atoms with Crippen LogP contribution in [0, 0.1) is 12.8 Å². The van der Waals surface area contributed by atoms with Crippen LogP contribution in [0.15, 0.2) is 82.2 Å². The Balaban J connectivity index is 2.07. The average Bonchev–Trinajstić information content (AvgIpc) is 2.93. The molecule has 214 valence electrons. The summed E-state index contributed by atoms with van der Waals surface area (Å²) in [5.41, 5.74) is 1.82. The summed E-state index contributed by atoms with van der Waals surface area (Å²) in [6, 6.07) is 19.7. The van der Waals surface area contributed by atoms with Gasteiger partial charge in [-0.1, -0.05) is 66.2 Å². The monoisotopic (exact) mass is 629 g/mol. The van der Waals surface area contributed by atoms with Crippen molar-refractivity contribution in [1.82, 2.24) is 10.2 Å². The quantitative estimate of drug-likeness (QED) is 0.299. The maximum atomic E-state index is 14.1. The lowest BCUT2D eigenvalue weighted by atomic mass is 10.1. The third-order valence-electron chi connectivity index (χ3n) is 6.31. The van der Waals surface area contributed by atoms with Crippen molar-refractivity contribution in [2.75, 3.05) is 24.5 Å². The number of nitrogens with one attached hydrogen (secondary N) is 1. The van der Waals surface area contributed by atoms with Crippen molar-refractivity contribution < 1.29 is 22.7 Å². The van der Waals surface area contributed by atoms with Gasteiger partial charge in [0.15, 0.2) is 0 Å². The smallest absolute Gasteiger partial charge is 0.264 e. The van der Waals surface area contributed by atoms with E-state index < -0.39 is 28.5 Å². The van der Waals surface area contributed by atoms with Gasteiger partial charge in [0, 0.05) is 17.6 Å². The fourth-order valence-electron chi connectivity index (χ4n) is 4.09. The number of carbonyl (C=O) groups excluding carboxylic acids is 2. The Morgan fingerprint density at radius 2 is 1.68 bits per heavy atom. The fourth-order valence-corrected chi connectivity index (χ4v) is 5.98. The van der Waals surface area contributed by atoms with Crippen LogP contribution in [0.25, 0.3) is 0 Å². The molecule has 40 heavy (non-hydrogen) atoms. The maximum Gasteiger partial charge on any atom is 0.264 e. The van der Waals surface area contributed by atoms with Crippen LogP contribution in [0.2, 0.25) is 0 Å². The number of sulfonamides is 1. The van der Waals surface area contributed by atoms with Gasteiger partial charge in [0.1, 0.15) is 18.3 Å². The van der Waals surface area contributed by atoms with Crippen LogP contribution in [-0.4, -0.2) is 51.4 Å². The number of anilines is 1. The van der Waals surface area contributed by atoms with Crippen LogP contribution < -0.4 is 14.4 Å². The molecule has 0 aromatic heterocycles. The molecule has 10 heteroatoms. The lowest BCUT2D eigenvalue weighted by Crippen LogP contribution is -2.51. The highest BCUT2D eigenvalue weighted by Gasteiger charge is 2.33. The third-order valence-corrected chi connectivity index (χ3v) is 8.57. The van der Waals surface area contributed by atoms with Gasteiger partial charge in [0.05, 0.1) is 17.7 Å². The largest absolute Gasteiger partial charge is 0.495 e. The summed E-state index contributed by atoms with van der Waals surface area (Å²) in [6.07, 6.45) is 0. The normalized spacial score (nSPS) is 12.1. The van der Waals surface area contributed by atoms with Crippen molar-refractivity contribution in [3.05, 3.63) is 88.4 Å². The topological polar surface area (TPSA) is 96.0 Å². The van der Waals surface area contributed by atoms with Crippen LogP contribution in [0.5, 0.6) is 5.75 Å². The van der Waals surface area contributed by atoms with Gasteiger partial charge in [0.25, 0.3) is 10.0 Å². The number of benzene rings is 3. The number of ether oxygens (including phenoxy) is 1. The second-order valence-electron chi connectivity index (χ2n) is 9.97. The SMILES string of the molecule is COc1ccc(C)cc1N(CC(=O)N(Cc1cccc(Br)c1)[C@H](C)C(=O)NCC(C)C)S(=O)(=O)c1ccccc1. The molecule has 0 saturated heterocycles. The van der Waals surface area contributed by atoms with Gasteiger partial charge in [-0.3, -0.25) is 13.9 Å². The van der Waals surface area contributed by atoms with E-state index in [9.17, 15) is 18.0 Å². The van der Waals surface area contributed by atoms with Crippen molar-refractivity contribution in [1.29, 1.82) is 0 Å². The Morgan fingerprint density at radius 3 is 2.30 bits per heavy atom. The minimum Gasteiger partial charge on any atom is -0.495 e. The molecule has 1 N–H and O–H groups in total. The summed E-state index contributed by atoms with van der Waals surface area (Å²) in [5.74, 6) is -0.317. The van der Waals surface area contributed by atoms with Crippen LogP contribution in [0.3, 0.4) is 0 Å². The number of halogens is 1. The number of amides is 2. The first-order valence-corrected chi connectivity index (χ1v) is 15.2. The van der Waals surface area contributed by atoms with Crippen LogP contribution in [0.1, 0.15) is 31.9 Å². The summed E-state index contributed by atoms with van der Waals surface area (Å²) in [7, 11) is -2.73. The standard InChI is InChI=1S/C30H36BrN3O5S/c1-21(2)18-32-30(36)23(4)33(19-24-10-9-11-25(31)17-24)29(35)20-34(27-16-22(3)14-15-28(27)39-5)40(37,38)26-12-7-6-8-13-26/h6-17,21,23H,18-20H2,1-5H3,(H,32,36)/t23-/m1/s1. The zero-order valence-electron chi connectivity index (χ0n) is 23.4. The minimum absolute atomic E-state index is 0.0348. The summed E-state index contributed by atoms with van der Waals surface area (Å²) < 4.78 is 35.3. The molecule has 2 amide bonds. The molecular weight excluding hydrogens is 594 g/mol. The maximum absolute atomic E-state index is 14.1. The molecular formula is C30H36BrN3O5S. The van der Waals surface area contributed by atoms with Crippen molar-refractivity contribution in [3.63, 3.8) is 0 Å². The van der Waals surface area contributed by atoms with E-state index in [1.54, 1.807) is 43.3 Å². The number of carbonyl (C=O) groups is 2. The molecule has 3 rings (SSSR count). The number of nitrogens with zero attached hydrogens (tertiary/aromatic N) is 2. The highest BCUT2D eigenvalue weighted by molar-refractivity contribution is 9.10. The van der Waals surface area contributed by atoms with E-state index in [2.05, 4.69) is 21.2 Å². The van der Waals surface area contributed by atoms with Gasteiger partial charge in [-0.25, -0.2) is 8.42 Å². The molecule has 0 heterocycles. The van der Waals surface area contributed by atoms with Crippen molar-refractivity contribution >= 4 is 43.5 Å². The van der Waals surface area contributed by atoms with Gasteiger partial charge < -0.3 is 15.0 Å². The van der Waals surface area contributed by atoms with Crippen LogP contribution in [-0.2, 0) is 26.2 Å². The Bertz CT molecular complexity index is 1430. The van der Waals surface area contributed by atoms with E-state index >= 15 is 0 Å². The summed E-state index contributed by atoms with van der Waals surface area (Å²) >= 11 is 3.46. The molecule has 0 unspecified atom stereocenters. The van der Waals surface area contributed by atoms with E-state index in [1.807, 2.05) is 45.0 Å². The first kappa shape index (κ1) is 31.2. The first-order chi connectivity index (χ1) is 18.9. The number of aryl methyl sites for hydroxylation is 1. The molecule has 0 saturated carbocycles. The molecule has 0 aliphatic carbocycles. The summed E-state index contributed by atoms with van der Waals surface area (Å²) in [5, 5.41) is 2.89. The lowest BCUT2D eigenvalue weighted by Gasteiger charge is -2.32. The Kier molecular flexibility index (Phi) is 10.8. The first-order valence-electron chi connectivity index (χ1n) is 13.0. The van der Waals surface area contributed by atoms with Crippen molar-refractivity contribution in [2.24, 2.45) is 5.92 Å². The molecule has 1 atom stereocenters. The molecule has 0 bridgehead atoms. The highest BCUT2D eigenvalue weighted by atomic mass is 79.9. The molecule has 8 nitrogen and oxygen atoms in total. The molecule has 0 aliphatic rings. The van der Waals surface area contributed by atoms with Crippen LogP contribution in [0.4, 0.5) is 5.69 Å². The molecule has 3 aromatic rings. The average molecular weight is 631 g/mol. The van der Waals surface area contributed by atoms with E-state index in [-0.39, 0.29) is 29.0 Å². The highest BCUT2D eigenvalue weighted by Crippen LogP contribution is 2.33. The van der Waals surface area contributed by atoms with E-state index in [0.29, 0.717) is 12.3 Å². The van der Waals surface area contributed by atoms with Crippen molar-refractivity contribution in [2.45, 2.75) is 45.2 Å². The number of methoxy groups -OCH3 is 1. The van der Waals surface area contributed by atoms with Gasteiger partial charge in [-0.15, -0.1) is 0 Å². The molecule has 0 radical (unpaired) electrons. The van der Waals surface area contributed by atoms with Gasteiger partial charge >= 0.3 is 0 Å². The number of hydrogen-bond acceptors (Lipinski definition) is 5. The number of hydrogen-bond donors (Lipinski definition) is 1. The minimum atomic E-state index is -4.18. The molecule has 3 aromatic carbocycles. The van der Waals surface area contributed by atoms with Crippen LogP contribution >= 0.6 is 15.9 Å². The Hall–Kier alpha value is -3.37. The summed E-state index contributed by atoms with van der Waals surface area (Å²) in [4.78, 5) is 28.6. The fraction of sp³-hybridized carbons (Fsp3) is 0.333. The third kappa shape index (κ3) is 7.85. The second-order valence-corrected chi connectivity index (χ2v) is 12.7. The lowest BCUT2D eigenvalue weighted by molar-refractivity contribution is -0.139. The zero-order valence-corrected chi connectivity index (χ0v) is 25.8. The molecule has 0 fully saturated rings. The Morgan fingerprint density at radius 1 is 0.975 bits per heavy atom. The second kappa shape index (κ2) is 13.8. The van der Waals surface area contributed by atoms with Gasteiger partial charge in [-0.2, -0.15) is 0 Å². The Labute approximate surface area is 245 Å². The van der Waals surface area contributed by atoms with Gasteiger partial charge in [0.2, 0.25) is 11.8 Å². The predicted octanol–water partition coefficient (Wildman–Crippen LogP) is 5.15. The number of rotatable bonds is 12. The van der Waals surface area contributed by atoms with E-state index in [0.717, 1.165) is 19.9 Å². The summed E-state index contributed by atoms with van der Waals surface area (Å²) in [6.45, 7) is 7.48.